The lowest BCUT2D eigenvalue weighted by atomic mass is 10.1. The normalized spacial score (nSPS) is 11.8. The topological polar surface area (TPSA) is 64.7 Å². The largest absolute Gasteiger partial charge is 0.497 e. The number of ketones is 1. The molecule has 2 aromatic heterocycles. The van der Waals surface area contributed by atoms with Crippen molar-refractivity contribution in [3.8, 4) is 17.1 Å². The summed E-state index contributed by atoms with van der Waals surface area (Å²) in [5.74, 6) is 1.26. The number of methoxy groups -OCH3 is 1. The Balaban J connectivity index is 2.01. The van der Waals surface area contributed by atoms with Gasteiger partial charge in [0.1, 0.15) is 17.1 Å². The zero-order valence-corrected chi connectivity index (χ0v) is 17.6. The van der Waals surface area contributed by atoms with E-state index in [2.05, 4.69) is 4.98 Å². The van der Waals surface area contributed by atoms with E-state index in [0.717, 1.165) is 10.9 Å². The van der Waals surface area contributed by atoms with Gasteiger partial charge in [0, 0.05) is 23.9 Å². The fourth-order valence-corrected chi connectivity index (χ4v) is 4.10. The minimum atomic E-state index is -0.0206. The Kier molecular flexibility index (Phi) is 5.22. The van der Waals surface area contributed by atoms with Gasteiger partial charge in [0.2, 0.25) is 5.13 Å². The first-order valence-electron chi connectivity index (χ1n) is 8.86. The first-order valence-corrected chi connectivity index (χ1v) is 10.1. The molecule has 0 saturated heterocycles. The van der Waals surface area contributed by atoms with Gasteiger partial charge < -0.3 is 9.15 Å². The summed E-state index contributed by atoms with van der Waals surface area (Å²) in [6, 6.07) is 14.8. The summed E-state index contributed by atoms with van der Waals surface area (Å²) >= 11 is 7.64. The van der Waals surface area contributed by atoms with E-state index in [0.29, 0.717) is 43.2 Å². The number of nitrogens with zero attached hydrogens (tertiary/aromatic N) is 2. The number of Topliss-reactive ketones (excluding diaryl/α,β-unsaturated/α-hetero) is 1. The number of thiazole rings is 1. The molecule has 0 saturated carbocycles. The molecule has 0 aliphatic heterocycles. The molecule has 0 amide bonds. The lowest BCUT2D eigenvalue weighted by molar-refractivity contribution is 0.102. The van der Waals surface area contributed by atoms with Gasteiger partial charge in [-0.05, 0) is 37.3 Å². The van der Waals surface area contributed by atoms with E-state index >= 15 is 0 Å². The minimum absolute atomic E-state index is 0.0206. The number of hydrogen-bond acceptors (Lipinski definition) is 6. The van der Waals surface area contributed by atoms with E-state index in [1.165, 1.54) is 18.3 Å². The summed E-state index contributed by atoms with van der Waals surface area (Å²) in [5, 5.41) is 2.52. The number of aromatic nitrogens is 1. The molecule has 5 nitrogen and oxygen atoms in total. The van der Waals surface area contributed by atoms with E-state index in [1.54, 1.807) is 7.11 Å². The van der Waals surface area contributed by atoms with Crippen molar-refractivity contribution in [1.82, 2.24) is 4.98 Å². The maximum atomic E-state index is 11.8. The fraction of sp³-hybridized carbons (Fsp3) is 0.136. The van der Waals surface area contributed by atoms with Gasteiger partial charge in [-0.2, -0.15) is 0 Å². The Labute approximate surface area is 176 Å². The predicted octanol–water partition coefficient (Wildman–Crippen LogP) is 5.96. The molecule has 0 bridgehead atoms. The van der Waals surface area contributed by atoms with E-state index in [1.807, 2.05) is 55.5 Å². The standard InChI is InChI=1S/C22H17ClN2O3S/c1-12-21(13(2)26)29-22(24-12)25-18-11-20(15-6-4-5-7-17(15)23)28-19-9-8-14(27-3)10-16(18)19/h4-11H,1-3H3. The molecule has 29 heavy (non-hydrogen) atoms. The van der Waals surface area contributed by atoms with E-state index < -0.39 is 0 Å². The van der Waals surface area contributed by atoms with Crippen LogP contribution >= 0.6 is 22.9 Å². The van der Waals surface area contributed by atoms with Crippen molar-refractivity contribution in [2.45, 2.75) is 13.8 Å². The zero-order valence-electron chi connectivity index (χ0n) is 16.0. The SMILES string of the molecule is COc1ccc2oc(-c3ccccc3Cl)cc(=Nc3nc(C)c(C(C)=O)s3)c2c1. The number of rotatable bonds is 4. The van der Waals surface area contributed by atoms with Gasteiger partial charge in [0.25, 0.3) is 0 Å². The Hall–Kier alpha value is -2.96. The predicted molar refractivity (Wildman–Crippen MR) is 115 cm³/mol. The molecule has 0 unspecified atom stereocenters. The van der Waals surface area contributed by atoms with Crippen LogP contribution < -0.4 is 10.1 Å². The molecule has 2 aromatic carbocycles. The Morgan fingerprint density at radius 2 is 2.00 bits per heavy atom. The van der Waals surface area contributed by atoms with Crippen LogP contribution in [0.1, 0.15) is 22.3 Å². The molecule has 0 atom stereocenters. The number of halogens is 1. The van der Waals surface area contributed by atoms with Crippen molar-refractivity contribution in [3.05, 3.63) is 69.5 Å². The number of ether oxygens (including phenoxy) is 1. The second-order valence-corrected chi connectivity index (χ2v) is 7.80. The van der Waals surface area contributed by atoms with Crippen molar-refractivity contribution < 1.29 is 13.9 Å². The Morgan fingerprint density at radius 1 is 1.21 bits per heavy atom. The molecule has 7 heteroatoms. The molecule has 4 aromatic rings. The average Bonchev–Trinajstić information content (AvgIpc) is 3.08. The monoisotopic (exact) mass is 424 g/mol. The van der Waals surface area contributed by atoms with E-state index in [4.69, 9.17) is 25.7 Å². The Bertz CT molecular complexity index is 1310. The minimum Gasteiger partial charge on any atom is -0.497 e. The lowest BCUT2D eigenvalue weighted by Gasteiger charge is -2.07. The van der Waals surface area contributed by atoms with Crippen LogP contribution in [0.4, 0.5) is 5.13 Å². The number of benzene rings is 2. The van der Waals surface area contributed by atoms with E-state index in [-0.39, 0.29) is 5.78 Å². The van der Waals surface area contributed by atoms with E-state index in [9.17, 15) is 4.79 Å². The van der Waals surface area contributed by atoms with Crippen LogP contribution in [0.5, 0.6) is 5.75 Å². The summed E-state index contributed by atoms with van der Waals surface area (Å²) in [6.45, 7) is 3.34. The molecule has 0 radical (unpaired) electrons. The summed E-state index contributed by atoms with van der Waals surface area (Å²) in [4.78, 5) is 21.6. The third kappa shape index (κ3) is 3.81. The maximum Gasteiger partial charge on any atom is 0.210 e. The molecular weight excluding hydrogens is 408 g/mol. The van der Waals surface area contributed by atoms with Gasteiger partial charge >= 0.3 is 0 Å². The summed E-state index contributed by atoms with van der Waals surface area (Å²) in [5.41, 5.74) is 2.08. The van der Waals surface area contributed by atoms with Crippen LogP contribution in [-0.4, -0.2) is 17.9 Å². The number of fused-ring (bicyclic) bond motifs is 1. The van der Waals surface area contributed by atoms with Crippen molar-refractivity contribution in [2.24, 2.45) is 4.99 Å². The third-order valence-corrected chi connectivity index (χ3v) is 5.89. The molecule has 2 heterocycles. The zero-order chi connectivity index (χ0) is 20.5. The van der Waals surface area contributed by atoms with Gasteiger partial charge in [0.15, 0.2) is 5.78 Å². The molecule has 0 N–H and O–H groups in total. The summed E-state index contributed by atoms with van der Waals surface area (Å²) < 4.78 is 11.5. The van der Waals surface area contributed by atoms with Crippen molar-refractivity contribution >= 4 is 44.8 Å². The highest BCUT2D eigenvalue weighted by Crippen LogP contribution is 2.30. The highest BCUT2D eigenvalue weighted by Gasteiger charge is 2.13. The highest BCUT2D eigenvalue weighted by atomic mass is 35.5. The molecule has 0 aliphatic carbocycles. The highest BCUT2D eigenvalue weighted by molar-refractivity contribution is 7.17. The fourth-order valence-electron chi connectivity index (χ4n) is 3.02. The van der Waals surface area contributed by atoms with Crippen LogP contribution in [0, 0.1) is 6.92 Å². The average molecular weight is 425 g/mol. The summed E-state index contributed by atoms with van der Waals surface area (Å²) in [7, 11) is 1.61. The molecular formula is C22H17ClN2O3S. The lowest BCUT2D eigenvalue weighted by Crippen LogP contribution is -2.03. The first-order chi connectivity index (χ1) is 14.0. The van der Waals surface area contributed by atoms with Crippen molar-refractivity contribution in [2.75, 3.05) is 7.11 Å². The van der Waals surface area contributed by atoms with Gasteiger partial charge in [-0.3, -0.25) is 4.79 Å². The van der Waals surface area contributed by atoms with Gasteiger partial charge in [-0.15, -0.1) is 0 Å². The number of aryl methyl sites for hydroxylation is 1. The second-order valence-electron chi connectivity index (χ2n) is 6.42. The molecule has 4 rings (SSSR count). The van der Waals surface area contributed by atoms with Crippen molar-refractivity contribution in [1.29, 1.82) is 0 Å². The molecule has 0 spiro atoms. The third-order valence-electron chi connectivity index (χ3n) is 4.41. The molecule has 0 fully saturated rings. The van der Waals surface area contributed by atoms with Crippen LogP contribution in [0.2, 0.25) is 5.02 Å². The number of hydrogen-bond donors (Lipinski definition) is 0. The smallest absolute Gasteiger partial charge is 0.210 e. The van der Waals surface area contributed by atoms with Crippen LogP contribution in [0.25, 0.3) is 22.3 Å². The van der Waals surface area contributed by atoms with Gasteiger partial charge in [-0.1, -0.05) is 35.1 Å². The van der Waals surface area contributed by atoms with Crippen LogP contribution in [-0.2, 0) is 0 Å². The van der Waals surface area contributed by atoms with Gasteiger partial charge in [-0.25, -0.2) is 9.98 Å². The summed E-state index contributed by atoms with van der Waals surface area (Å²) in [6.07, 6.45) is 0. The maximum absolute atomic E-state index is 11.8. The van der Waals surface area contributed by atoms with Crippen LogP contribution in [0.3, 0.4) is 0 Å². The molecule has 146 valence electrons. The van der Waals surface area contributed by atoms with Crippen LogP contribution in [0.15, 0.2) is 57.9 Å². The number of carbonyl (C=O) groups excluding carboxylic acids is 1. The Morgan fingerprint density at radius 3 is 2.69 bits per heavy atom. The van der Waals surface area contributed by atoms with Crippen molar-refractivity contribution in [3.63, 3.8) is 0 Å². The first kappa shape index (κ1) is 19.4. The molecule has 0 aliphatic rings. The second kappa shape index (κ2) is 7.81. The number of carbonyl (C=O) groups is 1. The van der Waals surface area contributed by atoms with Gasteiger partial charge in [0.05, 0.1) is 28.1 Å². The quantitative estimate of drug-likeness (QED) is 0.379.